The maximum absolute atomic E-state index is 12.8. The Kier molecular flexibility index (Phi) is 5.71. The highest BCUT2D eigenvalue weighted by Gasteiger charge is 2.26. The van der Waals surface area contributed by atoms with Gasteiger partial charge in [0.1, 0.15) is 5.75 Å². The highest BCUT2D eigenvalue weighted by Crippen LogP contribution is 2.23. The van der Waals surface area contributed by atoms with Crippen molar-refractivity contribution >= 4 is 11.7 Å². The smallest absolute Gasteiger partial charge is 0.253 e. The Morgan fingerprint density at radius 3 is 2.69 bits per heavy atom. The van der Waals surface area contributed by atoms with E-state index < -0.39 is 0 Å². The molecule has 1 aromatic heterocycles. The Morgan fingerprint density at radius 2 is 2.08 bits per heavy atom. The van der Waals surface area contributed by atoms with Crippen LogP contribution >= 0.6 is 0 Å². The van der Waals surface area contributed by atoms with E-state index in [4.69, 9.17) is 4.74 Å². The van der Waals surface area contributed by atoms with Crippen molar-refractivity contribution in [3.63, 3.8) is 0 Å². The van der Waals surface area contributed by atoms with E-state index >= 15 is 0 Å². The molecule has 6 heteroatoms. The Labute approximate surface area is 154 Å². The summed E-state index contributed by atoms with van der Waals surface area (Å²) in [6.45, 7) is 6.06. The van der Waals surface area contributed by atoms with Gasteiger partial charge in [-0.1, -0.05) is 0 Å². The molecule has 0 saturated carbocycles. The largest absolute Gasteiger partial charge is 0.494 e. The summed E-state index contributed by atoms with van der Waals surface area (Å²) in [5, 5.41) is 8.12. The number of hydrogen-bond donors (Lipinski definition) is 0. The first kappa shape index (κ1) is 18.2. The van der Waals surface area contributed by atoms with Crippen molar-refractivity contribution in [1.29, 1.82) is 0 Å². The molecule has 1 amide bonds. The summed E-state index contributed by atoms with van der Waals surface area (Å²) in [5.41, 5.74) is 1.72. The number of aromatic nitrogens is 2. The number of aryl methyl sites for hydroxylation is 1. The number of rotatable bonds is 5. The topological polar surface area (TPSA) is 58.6 Å². The van der Waals surface area contributed by atoms with E-state index in [-0.39, 0.29) is 5.91 Å². The van der Waals surface area contributed by atoms with Crippen LogP contribution in [0.3, 0.4) is 0 Å². The van der Waals surface area contributed by atoms with Gasteiger partial charge in [-0.3, -0.25) is 4.79 Å². The molecule has 6 nitrogen and oxygen atoms in total. The van der Waals surface area contributed by atoms with E-state index in [1.54, 1.807) is 6.20 Å². The number of piperidine rings is 1. The van der Waals surface area contributed by atoms with Gasteiger partial charge in [-0.05, 0) is 62.6 Å². The standard InChI is InChI=1S/C20H26N4O2/c1-4-26-18-8-7-16(14-15(18)2)20(25)24-12-9-17(10-13-24)23(3)19-6-5-11-21-22-19/h5-8,11,14,17H,4,9-10,12-13H2,1-3H3. The van der Waals surface area contributed by atoms with Crippen LogP contribution in [-0.2, 0) is 0 Å². The Bertz CT molecular complexity index is 743. The van der Waals surface area contributed by atoms with E-state index in [1.165, 1.54) is 0 Å². The van der Waals surface area contributed by atoms with Crippen LogP contribution in [0, 0.1) is 6.92 Å². The maximum atomic E-state index is 12.8. The molecule has 1 fully saturated rings. The molecular weight excluding hydrogens is 328 g/mol. The molecule has 0 radical (unpaired) electrons. The third-order valence-corrected chi connectivity index (χ3v) is 4.94. The monoisotopic (exact) mass is 354 g/mol. The molecule has 2 aromatic rings. The average Bonchev–Trinajstić information content (AvgIpc) is 2.69. The van der Waals surface area contributed by atoms with Gasteiger partial charge in [-0.15, -0.1) is 5.10 Å². The van der Waals surface area contributed by atoms with Crippen molar-refractivity contribution in [2.24, 2.45) is 0 Å². The number of hydrogen-bond acceptors (Lipinski definition) is 5. The van der Waals surface area contributed by atoms with Crippen LogP contribution in [-0.4, -0.2) is 53.8 Å². The van der Waals surface area contributed by atoms with Gasteiger partial charge in [-0.2, -0.15) is 5.10 Å². The van der Waals surface area contributed by atoms with E-state index in [1.807, 2.05) is 56.1 Å². The highest BCUT2D eigenvalue weighted by molar-refractivity contribution is 5.94. The fourth-order valence-corrected chi connectivity index (χ4v) is 3.41. The van der Waals surface area contributed by atoms with E-state index in [0.717, 1.165) is 48.6 Å². The number of anilines is 1. The molecule has 0 bridgehead atoms. The normalized spacial score (nSPS) is 15.0. The predicted octanol–water partition coefficient (Wildman–Crippen LogP) is 2.92. The quantitative estimate of drug-likeness (QED) is 0.826. The van der Waals surface area contributed by atoms with Crippen molar-refractivity contribution in [3.8, 4) is 5.75 Å². The highest BCUT2D eigenvalue weighted by atomic mass is 16.5. The van der Waals surface area contributed by atoms with Gasteiger partial charge >= 0.3 is 0 Å². The summed E-state index contributed by atoms with van der Waals surface area (Å²) < 4.78 is 5.56. The fourth-order valence-electron chi connectivity index (χ4n) is 3.41. The summed E-state index contributed by atoms with van der Waals surface area (Å²) in [5.74, 6) is 1.81. The molecule has 0 aliphatic carbocycles. The number of nitrogens with zero attached hydrogens (tertiary/aromatic N) is 4. The zero-order chi connectivity index (χ0) is 18.5. The van der Waals surface area contributed by atoms with Crippen LogP contribution in [0.2, 0.25) is 0 Å². The lowest BCUT2D eigenvalue weighted by molar-refractivity contribution is 0.0713. The molecule has 26 heavy (non-hydrogen) atoms. The van der Waals surface area contributed by atoms with Gasteiger partial charge in [0.15, 0.2) is 5.82 Å². The van der Waals surface area contributed by atoms with Gasteiger partial charge in [0.2, 0.25) is 0 Å². The molecule has 0 N–H and O–H groups in total. The molecular formula is C20H26N4O2. The predicted molar refractivity (Wildman–Crippen MR) is 102 cm³/mol. The SMILES string of the molecule is CCOc1ccc(C(=O)N2CCC(N(C)c3cccnn3)CC2)cc1C. The second-order valence-corrected chi connectivity index (χ2v) is 6.63. The van der Waals surface area contributed by atoms with E-state index in [9.17, 15) is 4.79 Å². The molecule has 1 aromatic carbocycles. The molecule has 1 aliphatic heterocycles. The van der Waals surface area contributed by atoms with Crippen LogP contribution in [0.1, 0.15) is 35.7 Å². The summed E-state index contributed by atoms with van der Waals surface area (Å²) in [7, 11) is 2.04. The zero-order valence-corrected chi connectivity index (χ0v) is 15.7. The summed E-state index contributed by atoms with van der Waals surface area (Å²) in [6, 6.07) is 9.90. The first-order chi connectivity index (χ1) is 12.6. The first-order valence-corrected chi connectivity index (χ1v) is 9.13. The average molecular weight is 354 g/mol. The van der Waals surface area contributed by atoms with Crippen molar-refractivity contribution in [2.75, 3.05) is 31.6 Å². The summed E-state index contributed by atoms with van der Waals surface area (Å²) >= 11 is 0. The molecule has 1 aliphatic rings. The van der Waals surface area contributed by atoms with Crippen molar-refractivity contribution in [2.45, 2.75) is 32.7 Å². The van der Waals surface area contributed by atoms with E-state index in [2.05, 4.69) is 15.1 Å². The molecule has 138 valence electrons. The minimum atomic E-state index is 0.0942. The van der Waals surface area contributed by atoms with E-state index in [0.29, 0.717) is 12.6 Å². The number of carbonyl (C=O) groups is 1. The number of ether oxygens (including phenoxy) is 1. The van der Waals surface area contributed by atoms with Gasteiger partial charge < -0.3 is 14.5 Å². The van der Waals surface area contributed by atoms with Gasteiger partial charge in [0.05, 0.1) is 6.61 Å². The van der Waals surface area contributed by atoms with Crippen LogP contribution in [0.5, 0.6) is 5.75 Å². The summed E-state index contributed by atoms with van der Waals surface area (Å²) in [4.78, 5) is 16.9. The number of amides is 1. The lowest BCUT2D eigenvalue weighted by Crippen LogP contribution is -2.45. The molecule has 0 spiro atoms. The Hall–Kier alpha value is -2.63. The maximum Gasteiger partial charge on any atom is 0.253 e. The Morgan fingerprint density at radius 1 is 1.31 bits per heavy atom. The summed E-state index contributed by atoms with van der Waals surface area (Å²) in [6.07, 6.45) is 3.53. The lowest BCUT2D eigenvalue weighted by atomic mass is 10.0. The second kappa shape index (κ2) is 8.17. The van der Waals surface area contributed by atoms with Gasteiger partial charge in [0.25, 0.3) is 5.91 Å². The molecule has 2 heterocycles. The first-order valence-electron chi connectivity index (χ1n) is 9.13. The number of carbonyl (C=O) groups excluding carboxylic acids is 1. The zero-order valence-electron chi connectivity index (χ0n) is 15.7. The van der Waals surface area contributed by atoms with Gasteiger partial charge in [-0.25, -0.2) is 0 Å². The molecule has 0 atom stereocenters. The number of likely N-dealkylation sites (tertiary alicyclic amines) is 1. The minimum Gasteiger partial charge on any atom is -0.494 e. The van der Waals surface area contributed by atoms with Gasteiger partial charge in [0, 0.05) is 37.9 Å². The van der Waals surface area contributed by atoms with Crippen molar-refractivity contribution < 1.29 is 9.53 Å². The third-order valence-electron chi connectivity index (χ3n) is 4.94. The Balaban J connectivity index is 1.61. The fraction of sp³-hybridized carbons (Fsp3) is 0.450. The minimum absolute atomic E-state index is 0.0942. The van der Waals surface area contributed by atoms with Crippen LogP contribution in [0.25, 0.3) is 0 Å². The molecule has 0 unspecified atom stereocenters. The van der Waals surface area contributed by atoms with Crippen molar-refractivity contribution in [1.82, 2.24) is 15.1 Å². The number of benzene rings is 1. The lowest BCUT2D eigenvalue weighted by Gasteiger charge is -2.37. The van der Waals surface area contributed by atoms with Crippen LogP contribution in [0.4, 0.5) is 5.82 Å². The second-order valence-electron chi connectivity index (χ2n) is 6.63. The van der Waals surface area contributed by atoms with Crippen LogP contribution in [0.15, 0.2) is 36.5 Å². The van der Waals surface area contributed by atoms with Crippen LogP contribution < -0.4 is 9.64 Å². The molecule has 3 rings (SSSR count). The molecule has 1 saturated heterocycles. The van der Waals surface area contributed by atoms with Crippen molar-refractivity contribution in [3.05, 3.63) is 47.7 Å². The third kappa shape index (κ3) is 3.95.